The smallest absolute Gasteiger partial charge is 0.151 e. The number of hydrogen-bond acceptors (Lipinski definition) is 4. The molecule has 0 saturated carbocycles. The van der Waals surface area contributed by atoms with Gasteiger partial charge in [0, 0.05) is 31.0 Å². The van der Waals surface area contributed by atoms with Crippen molar-refractivity contribution in [2.45, 2.75) is 6.42 Å². The Morgan fingerprint density at radius 3 is 2.61 bits per heavy atom. The minimum absolute atomic E-state index is 0.500. The van der Waals surface area contributed by atoms with Crippen molar-refractivity contribution in [3.8, 4) is 0 Å². The summed E-state index contributed by atoms with van der Waals surface area (Å²) in [7, 11) is 0. The topological polar surface area (TPSA) is 55.0 Å². The lowest BCUT2D eigenvalue weighted by Crippen LogP contribution is -2.23. The van der Waals surface area contributed by atoms with Gasteiger partial charge in [0.05, 0.1) is 11.2 Å². The number of benzene rings is 1. The van der Waals surface area contributed by atoms with Crippen molar-refractivity contribution in [1.29, 1.82) is 0 Å². The first-order valence-electron chi connectivity index (χ1n) is 5.64. The lowest BCUT2D eigenvalue weighted by Gasteiger charge is -2.23. The van der Waals surface area contributed by atoms with Crippen LogP contribution in [0.1, 0.15) is 6.42 Å². The molecule has 2 rings (SSSR count). The number of nitrogens with zero attached hydrogens (tertiary/aromatic N) is 3. The maximum atomic E-state index is 5.57. The lowest BCUT2D eigenvalue weighted by molar-refractivity contribution is 0.934. The van der Waals surface area contributed by atoms with E-state index < -0.39 is 0 Å². The van der Waals surface area contributed by atoms with Crippen LogP contribution in [0.25, 0.3) is 0 Å². The van der Waals surface area contributed by atoms with Crippen LogP contribution in [-0.2, 0) is 0 Å². The van der Waals surface area contributed by atoms with Crippen LogP contribution in [0.4, 0.5) is 11.5 Å². The predicted octanol–water partition coefficient (Wildman–Crippen LogP) is 2.29. The summed E-state index contributed by atoms with van der Waals surface area (Å²) in [6.07, 6.45) is 5.69. The van der Waals surface area contributed by atoms with Gasteiger partial charge in [-0.15, -0.1) is 0 Å². The molecule has 0 fully saturated rings. The summed E-state index contributed by atoms with van der Waals surface area (Å²) in [5.41, 5.74) is 6.62. The maximum absolute atomic E-state index is 5.57. The Morgan fingerprint density at radius 1 is 1.22 bits per heavy atom. The van der Waals surface area contributed by atoms with Crippen molar-refractivity contribution in [2.24, 2.45) is 5.73 Å². The van der Waals surface area contributed by atoms with Crippen molar-refractivity contribution in [3.05, 3.63) is 48.9 Å². The zero-order valence-electron chi connectivity index (χ0n) is 9.86. The molecule has 0 unspecified atom stereocenters. The summed E-state index contributed by atoms with van der Waals surface area (Å²) < 4.78 is 0. The number of aromatic nitrogens is 2. The molecular formula is C13H14N4S. The molecule has 0 saturated heterocycles. The molecule has 0 atom stereocenters. The van der Waals surface area contributed by atoms with Gasteiger partial charge in [-0.1, -0.05) is 30.4 Å². The average Bonchev–Trinajstić information content (AvgIpc) is 2.41. The Kier molecular flexibility index (Phi) is 4.20. The summed E-state index contributed by atoms with van der Waals surface area (Å²) in [6, 6.07) is 9.99. The quantitative estimate of drug-likeness (QED) is 0.834. The van der Waals surface area contributed by atoms with E-state index in [1.165, 1.54) is 0 Å². The summed E-state index contributed by atoms with van der Waals surface area (Å²) in [5.74, 6) is 0.792. The van der Waals surface area contributed by atoms with Gasteiger partial charge in [0.25, 0.3) is 0 Å². The van der Waals surface area contributed by atoms with Gasteiger partial charge >= 0.3 is 0 Å². The molecule has 0 bridgehead atoms. The van der Waals surface area contributed by atoms with Crippen LogP contribution >= 0.6 is 12.2 Å². The van der Waals surface area contributed by atoms with Gasteiger partial charge in [-0.2, -0.15) is 0 Å². The molecular weight excluding hydrogens is 244 g/mol. The standard InChI is InChI=1S/C13H14N4S/c14-12(18)6-9-17(11-4-2-1-3-5-11)13-10-15-7-8-16-13/h1-5,7-8,10H,6,9H2,(H2,14,18). The lowest BCUT2D eigenvalue weighted by atomic mass is 10.2. The van der Waals surface area contributed by atoms with Gasteiger partial charge in [-0.05, 0) is 12.1 Å². The van der Waals surface area contributed by atoms with Gasteiger partial charge in [-0.25, -0.2) is 4.98 Å². The van der Waals surface area contributed by atoms with Crippen LogP contribution in [0.2, 0.25) is 0 Å². The minimum atomic E-state index is 0.500. The van der Waals surface area contributed by atoms with Crippen molar-refractivity contribution >= 4 is 28.7 Å². The zero-order chi connectivity index (χ0) is 12.8. The van der Waals surface area contributed by atoms with Gasteiger partial charge in [0.2, 0.25) is 0 Å². The highest BCUT2D eigenvalue weighted by Gasteiger charge is 2.10. The summed E-state index contributed by atoms with van der Waals surface area (Å²) in [4.78, 5) is 11.0. The fourth-order valence-corrected chi connectivity index (χ4v) is 1.73. The van der Waals surface area contributed by atoms with Crippen molar-refractivity contribution in [2.75, 3.05) is 11.4 Å². The molecule has 5 heteroatoms. The van der Waals surface area contributed by atoms with Crippen LogP contribution in [-0.4, -0.2) is 21.5 Å². The number of anilines is 2. The SMILES string of the molecule is NC(=S)CCN(c1ccccc1)c1cnccn1. The third-order valence-electron chi connectivity index (χ3n) is 2.48. The first kappa shape index (κ1) is 12.4. The molecule has 4 nitrogen and oxygen atoms in total. The van der Waals surface area contributed by atoms with E-state index in [1.807, 2.05) is 35.2 Å². The van der Waals surface area contributed by atoms with Crippen LogP contribution in [0.3, 0.4) is 0 Å². The molecule has 0 aliphatic rings. The van der Waals surface area contributed by atoms with E-state index in [0.717, 1.165) is 11.5 Å². The molecule has 2 N–H and O–H groups in total. The molecule has 0 aliphatic heterocycles. The molecule has 92 valence electrons. The molecule has 0 amide bonds. The molecule has 1 heterocycles. The highest BCUT2D eigenvalue weighted by molar-refractivity contribution is 7.80. The van der Waals surface area contributed by atoms with Crippen molar-refractivity contribution in [1.82, 2.24) is 9.97 Å². The van der Waals surface area contributed by atoms with E-state index in [4.69, 9.17) is 18.0 Å². The number of thiocarbonyl (C=S) groups is 1. The van der Waals surface area contributed by atoms with Crippen molar-refractivity contribution < 1.29 is 0 Å². The third-order valence-corrected chi connectivity index (χ3v) is 2.68. The second-order valence-corrected chi connectivity index (χ2v) is 4.29. The first-order chi connectivity index (χ1) is 8.77. The fourth-order valence-electron chi connectivity index (χ4n) is 1.64. The molecule has 1 aromatic carbocycles. The number of hydrogen-bond donors (Lipinski definition) is 1. The van der Waals surface area contributed by atoms with Crippen LogP contribution in [0, 0.1) is 0 Å². The van der Waals surface area contributed by atoms with E-state index in [-0.39, 0.29) is 0 Å². The second kappa shape index (κ2) is 6.07. The molecule has 0 radical (unpaired) electrons. The maximum Gasteiger partial charge on any atom is 0.151 e. The summed E-state index contributed by atoms with van der Waals surface area (Å²) in [6.45, 7) is 0.693. The van der Waals surface area contributed by atoms with Crippen LogP contribution < -0.4 is 10.6 Å². The Hall–Kier alpha value is -2.01. The first-order valence-corrected chi connectivity index (χ1v) is 6.05. The van der Waals surface area contributed by atoms with Gasteiger partial charge in [0.15, 0.2) is 5.82 Å². The van der Waals surface area contributed by atoms with E-state index in [0.29, 0.717) is 18.0 Å². The van der Waals surface area contributed by atoms with E-state index >= 15 is 0 Å². The van der Waals surface area contributed by atoms with Gasteiger partial charge < -0.3 is 10.6 Å². The minimum Gasteiger partial charge on any atom is -0.393 e. The van der Waals surface area contributed by atoms with E-state index in [1.54, 1.807) is 18.6 Å². The molecule has 1 aromatic heterocycles. The van der Waals surface area contributed by atoms with E-state index in [2.05, 4.69) is 9.97 Å². The second-order valence-electron chi connectivity index (χ2n) is 3.77. The fraction of sp³-hybridized carbons (Fsp3) is 0.154. The number of nitrogens with two attached hydrogens (primary N) is 1. The Morgan fingerprint density at radius 2 is 2.00 bits per heavy atom. The van der Waals surface area contributed by atoms with Gasteiger partial charge in [-0.3, -0.25) is 4.98 Å². The molecule has 18 heavy (non-hydrogen) atoms. The third kappa shape index (κ3) is 3.24. The Bertz CT molecular complexity index is 461. The molecule has 0 spiro atoms. The molecule has 2 aromatic rings. The largest absolute Gasteiger partial charge is 0.393 e. The monoisotopic (exact) mass is 258 g/mol. The van der Waals surface area contributed by atoms with Crippen LogP contribution in [0.5, 0.6) is 0 Å². The summed E-state index contributed by atoms with van der Waals surface area (Å²) >= 11 is 4.93. The normalized spacial score (nSPS) is 10.0. The Balaban J connectivity index is 2.26. The summed E-state index contributed by atoms with van der Waals surface area (Å²) in [5, 5.41) is 0. The van der Waals surface area contributed by atoms with Gasteiger partial charge in [0.1, 0.15) is 0 Å². The number of para-hydroxylation sites is 1. The molecule has 0 aliphatic carbocycles. The van der Waals surface area contributed by atoms with E-state index in [9.17, 15) is 0 Å². The van der Waals surface area contributed by atoms with Crippen LogP contribution in [0.15, 0.2) is 48.9 Å². The highest BCUT2D eigenvalue weighted by Crippen LogP contribution is 2.22. The average molecular weight is 258 g/mol. The number of rotatable bonds is 5. The Labute approximate surface area is 111 Å². The highest BCUT2D eigenvalue weighted by atomic mass is 32.1. The van der Waals surface area contributed by atoms with Crippen molar-refractivity contribution in [3.63, 3.8) is 0 Å². The predicted molar refractivity (Wildman–Crippen MR) is 76.9 cm³/mol. The zero-order valence-corrected chi connectivity index (χ0v) is 10.7.